The molecule has 3 aromatic rings. The average molecular weight is 462 g/mol. The quantitative estimate of drug-likeness (QED) is 0.578. The first-order valence-corrected chi connectivity index (χ1v) is 11.5. The Kier molecular flexibility index (Phi) is 6.68. The second kappa shape index (κ2) is 9.67. The van der Waals surface area contributed by atoms with Gasteiger partial charge in [0, 0.05) is 25.2 Å². The van der Waals surface area contributed by atoms with Crippen molar-refractivity contribution in [3.05, 3.63) is 71.9 Å². The molecule has 0 spiro atoms. The molecule has 1 fully saturated rings. The monoisotopic (exact) mass is 461 g/mol. The van der Waals surface area contributed by atoms with E-state index in [1.165, 1.54) is 0 Å². The van der Waals surface area contributed by atoms with E-state index in [1.54, 1.807) is 16.0 Å². The van der Waals surface area contributed by atoms with Crippen LogP contribution < -0.4 is 0 Å². The Morgan fingerprint density at radius 1 is 1.03 bits per heavy atom. The van der Waals surface area contributed by atoms with Crippen molar-refractivity contribution in [3.63, 3.8) is 0 Å². The normalized spacial score (nSPS) is 16.4. The Hall–Kier alpha value is -3.68. The maximum atomic E-state index is 13.4. The number of aromatic nitrogens is 3. The Morgan fingerprint density at radius 3 is 2.41 bits per heavy atom. The Labute approximate surface area is 200 Å². The van der Waals surface area contributed by atoms with Crippen LogP contribution in [0.4, 0.5) is 9.59 Å². The van der Waals surface area contributed by atoms with Crippen molar-refractivity contribution in [2.45, 2.75) is 45.8 Å². The molecule has 0 N–H and O–H groups in total. The maximum Gasteiger partial charge on any atom is 0.410 e. The number of aryl methyl sites for hydroxylation is 1. The van der Waals surface area contributed by atoms with E-state index in [1.807, 2.05) is 82.3 Å². The minimum absolute atomic E-state index is 0.231. The van der Waals surface area contributed by atoms with Gasteiger partial charge in [0.25, 0.3) is 0 Å². The van der Waals surface area contributed by atoms with E-state index in [0.29, 0.717) is 31.7 Å². The highest BCUT2D eigenvalue weighted by Crippen LogP contribution is 2.20. The number of amides is 2. The first-order chi connectivity index (χ1) is 16.2. The summed E-state index contributed by atoms with van der Waals surface area (Å²) in [5, 5.41) is 8.68. The zero-order chi connectivity index (χ0) is 24.3. The number of hydrogen-bond acceptors (Lipinski definition) is 5. The Morgan fingerprint density at radius 2 is 1.74 bits per heavy atom. The molecule has 0 aliphatic carbocycles. The first-order valence-electron chi connectivity index (χ1n) is 11.5. The van der Waals surface area contributed by atoms with Gasteiger partial charge in [-0.15, -0.1) is 5.10 Å². The lowest BCUT2D eigenvalue weighted by Crippen LogP contribution is -2.58. The fraction of sp³-hybridized carbons (Fsp3) is 0.385. The van der Waals surface area contributed by atoms with Gasteiger partial charge in [0.1, 0.15) is 11.3 Å². The molecule has 0 saturated carbocycles. The fourth-order valence-corrected chi connectivity index (χ4v) is 3.99. The van der Waals surface area contributed by atoms with Gasteiger partial charge in [-0.05, 0) is 39.7 Å². The van der Waals surface area contributed by atoms with Crippen LogP contribution in [-0.4, -0.2) is 68.2 Å². The molecule has 1 aliphatic rings. The van der Waals surface area contributed by atoms with E-state index in [4.69, 9.17) is 4.74 Å². The number of rotatable bonds is 3. The molecule has 1 saturated heterocycles. The molecule has 0 bridgehead atoms. The lowest BCUT2D eigenvalue weighted by molar-refractivity contribution is 0.00879. The summed E-state index contributed by atoms with van der Waals surface area (Å²) >= 11 is 0. The molecule has 1 aliphatic heterocycles. The summed E-state index contributed by atoms with van der Waals surface area (Å²) in [5.41, 5.74) is 3.20. The molecule has 8 heteroatoms. The number of piperazine rings is 1. The highest BCUT2D eigenvalue weighted by atomic mass is 16.6. The van der Waals surface area contributed by atoms with Gasteiger partial charge < -0.3 is 14.5 Å². The molecule has 1 unspecified atom stereocenters. The summed E-state index contributed by atoms with van der Waals surface area (Å²) in [7, 11) is 0. The van der Waals surface area contributed by atoms with Gasteiger partial charge in [-0.1, -0.05) is 65.0 Å². The van der Waals surface area contributed by atoms with E-state index in [2.05, 4.69) is 10.2 Å². The summed E-state index contributed by atoms with van der Waals surface area (Å²) in [5.74, 6) is 0. The van der Waals surface area contributed by atoms with Crippen molar-refractivity contribution in [1.82, 2.24) is 24.8 Å². The van der Waals surface area contributed by atoms with E-state index in [-0.39, 0.29) is 18.2 Å². The molecule has 1 aromatic heterocycles. The molecular formula is C26H31N5O3. The van der Waals surface area contributed by atoms with Crippen molar-refractivity contribution in [3.8, 4) is 11.3 Å². The maximum absolute atomic E-state index is 13.4. The molecule has 0 radical (unpaired) electrons. The van der Waals surface area contributed by atoms with Crippen LogP contribution in [0.3, 0.4) is 0 Å². The number of nitrogens with zero attached hydrogens (tertiary/aromatic N) is 5. The SMILES string of the molecule is Cc1ccc(-c2cnn(C(=O)N3CCN(C(=O)OC(C)(C)C)CC3Cc3ccccc3)n2)cc1. The largest absolute Gasteiger partial charge is 0.444 e. The van der Waals surface area contributed by atoms with Crippen molar-refractivity contribution >= 4 is 12.1 Å². The minimum atomic E-state index is -0.579. The Bertz CT molecular complexity index is 1140. The summed E-state index contributed by atoms with van der Waals surface area (Å²) in [4.78, 5) is 30.7. The summed E-state index contributed by atoms with van der Waals surface area (Å²) in [6.07, 6.45) is 1.85. The number of hydrogen-bond donors (Lipinski definition) is 0. The molecule has 1 atom stereocenters. The molecule has 2 aromatic carbocycles. The fourth-order valence-electron chi connectivity index (χ4n) is 3.99. The topological polar surface area (TPSA) is 80.6 Å². The second-order valence-electron chi connectivity index (χ2n) is 9.63. The van der Waals surface area contributed by atoms with Gasteiger partial charge in [0.05, 0.1) is 12.2 Å². The van der Waals surface area contributed by atoms with Gasteiger partial charge in [-0.3, -0.25) is 0 Å². The predicted molar refractivity (Wildman–Crippen MR) is 129 cm³/mol. The van der Waals surface area contributed by atoms with E-state index in [9.17, 15) is 9.59 Å². The van der Waals surface area contributed by atoms with Crippen LogP contribution in [-0.2, 0) is 11.2 Å². The summed E-state index contributed by atoms with van der Waals surface area (Å²) in [6.45, 7) is 8.70. The number of carbonyl (C=O) groups excluding carboxylic acids is 2. The van der Waals surface area contributed by atoms with Crippen molar-refractivity contribution in [2.24, 2.45) is 0 Å². The number of ether oxygens (including phenoxy) is 1. The van der Waals surface area contributed by atoms with Crippen LogP contribution in [0.2, 0.25) is 0 Å². The highest BCUT2D eigenvalue weighted by molar-refractivity contribution is 5.77. The summed E-state index contributed by atoms with van der Waals surface area (Å²) < 4.78 is 5.57. The van der Waals surface area contributed by atoms with Crippen LogP contribution in [0.25, 0.3) is 11.3 Å². The molecule has 8 nitrogen and oxygen atoms in total. The van der Waals surface area contributed by atoms with Gasteiger partial charge in [0.2, 0.25) is 0 Å². The summed E-state index contributed by atoms with van der Waals surface area (Å²) in [6, 6.07) is 17.3. The molecule has 34 heavy (non-hydrogen) atoms. The number of benzene rings is 2. The smallest absolute Gasteiger partial charge is 0.410 e. The molecule has 4 rings (SSSR count). The van der Waals surface area contributed by atoms with Gasteiger partial charge in [0.15, 0.2) is 0 Å². The van der Waals surface area contributed by atoms with Gasteiger partial charge >= 0.3 is 12.1 Å². The lowest BCUT2D eigenvalue weighted by atomic mass is 10.0. The van der Waals surface area contributed by atoms with Crippen molar-refractivity contribution < 1.29 is 14.3 Å². The average Bonchev–Trinajstić information content (AvgIpc) is 3.29. The van der Waals surface area contributed by atoms with Crippen LogP contribution in [0.5, 0.6) is 0 Å². The van der Waals surface area contributed by atoms with Gasteiger partial charge in [-0.2, -0.15) is 5.10 Å². The standard InChI is InChI=1S/C26H31N5O3/c1-19-10-12-21(13-11-19)23-17-27-31(28-23)24(32)30-15-14-29(25(33)34-26(2,3)4)18-22(30)16-20-8-6-5-7-9-20/h5-13,17,22H,14-16,18H2,1-4H3. The molecular weight excluding hydrogens is 430 g/mol. The Balaban J connectivity index is 1.54. The third kappa shape index (κ3) is 5.62. The first kappa shape index (κ1) is 23.5. The predicted octanol–water partition coefficient (Wildman–Crippen LogP) is 4.39. The van der Waals surface area contributed by atoms with Crippen LogP contribution in [0, 0.1) is 6.92 Å². The molecule has 178 valence electrons. The van der Waals surface area contributed by atoms with Crippen molar-refractivity contribution in [1.29, 1.82) is 0 Å². The molecule has 2 amide bonds. The number of carbonyl (C=O) groups is 2. The minimum Gasteiger partial charge on any atom is -0.444 e. The molecule has 2 heterocycles. The van der Waals surface area contributed by atoms with Gasteiger partial charge in [-0.25, -0.2) is 9.59 Å². The van der Waals surface area contributed by atoms with Crippen LogP contribution in [0.15, 0.2) is 60.8 Å². The third-order valence-electron chi connectivity index (χ3n) is 5.70. The second-order valence-corrected chi connectivity index (χ2v) is 9.63. The van der Waals surface area contributed by atoms with Crippen LogP contribution in [0.1, 0.15) is 31.9 Å². The van der Waals surface area contributed by atoms with E-state index in [0.717, 1.165) is 21.5 Å². The van der Waals surface area contributed by atoms with Crippen LogP contribution >= 0.6 is 0 Å². The zero-order valence-electron chi connectivity index (χ0n) is 20.1. The highest BCUT2D eigenvalue weighted by Gasteiger charge is 2.35. The van der Waals surface area contributed by atoms with E-state index >= 15 is 0 Å². The van der Waals surface area contributed by atoms with Crippen molar-refractivity contribution in [2.75, 3.05) is 19.6 Å². The van der Waals surface area contributed by atoms with E-state index < -0.39 is 5.60 Å². The third-order valence-corrected chi connectivity index (χ3v) is 5.70. The lowest BCUT2D eigenvalue weighted by Gasteiger charge is -2.41. The zero-order valence-corrected chi connectivity index (χ0v) is 20.1.